The lowest BCUT2D eigenvalue weighted by Gasteiger charge is -2.23. The summed E-state index contributed by atoms with van der Waals surface area (Å²) in [5, 5.41) is 8.15. The van der Waals surface area contributed by atoms with E-state index in [4.69, 9.17) is 16.9 Å². The zero-order valence-electron chi connectivity index (χ0n) is 7.16. The quantitative estimate of drug-likeness (QED) is 0.653. The molecule has 1 heterocycles. The highest BCUT2D eigenvalue weighted by Crippen LogP contribution is 2.21. The van der Waals surface area contributed by atoms with E-state index < -0.39 is 0 Å². The van der Waals surface area contributed by atoms with Crippen molar-refractivity contribution in [3.8, 4) is 6.07 Å². The summed E-state index contributed by atoms with van der Waals surface area (Å²) in [6, 6.07) is 2.67. The molecule has 1 saturated heterocycles. The molecule has 0 bridgehead atoms. The maximum Gasteiger partial charge on any atom is 0.133 e. The minimum absolute atomic E-state index is 0.361. The Bertz CT molecular complexity index is 174. The lowest BCUT2D eigenvalue weighted by Crippen LogP contribution is -2.35. The molecule has 68 valence electrons. The van der Waals surface area contributed by atoms with E-state index in [9.17, 15) is 0 Å². The van der Waals surface area contributed by atoms with E-state index >= 15 is 0 Å². The molecule has 12 heavy (non-hydrogen) atoms. The number of halogens is 1. The van der Waals surface area contributed by atoms with Crippen LogP contribution in [0.15, 0.2) is 0 Å². The molecule has 4 heteroatoms. The maximum absolute atomic E-state index is 8.51. The van der Waals surface area contributed by atoms with Crippen LogP contribution in [0.1, 0.15) is 6.42 Å². The minimum Gasteiger partial charge on any atom is -0.300 e. The molecule has 0 saturated carbocycles. The van der Waals surface area contributed by atoms with Gasteiger partial charge in [0.15, 0.2) is 0 Å². The van der Waals surface area contributed by atoms with Gasteiger partial charge in [-0.05, 0) is 19.2 Å². The van der Waals surface area contributed by atoms with Crippen LogP contribution in [0.2, 0.25) is 0 Å². The Morgan fingerprint density at radius 3 is 3.08 bits per heavy atom. The molecule has 1 aliphatic heterocycles. The van der Waals surface area contributed by atoms with E-state index in [1.165, 1.54) is 17.9 Å². The number of hydrogen-bond acceptors (Lipinski definition) is 3. The van der Waals surface area contributed by atoms with Gasteiger partial charge in [0, 0.05) is 18.3 Å². The van der Waals surface area contributed by atoms with Crippen molar-refractivity contribution in [3.05, 3.63) is 0 Å². The molecule has 2 unspecified atom stereocenters. The summed E-state index contributed by atoms with van der Waals surface area (Å²) < 4.78 is 0. The highest BCUT2D eigenvalue weighted by molar-refractivity contribution is 7.99. The molecule has 0 amide bonds. The van der Waals surface area contributed by atoms with Gasteiger partial charge < -0.3 is 4.90 Å². The Balaban J connectivity index is 2.27. The van der Waals surface area contributed by atoms with Crippen molar-refractivity contribution >= 4 is 23.4 Å². The summed E-state index contributed by atoms with van der Waals surface area (Å²) in [6.45, 7) is 0.684. The van der Waals surface area contributed by atoms with Gasteiger partial charge in [0.25, 0.3) is 0 Å². The first-order valence-electron chi connectivity index (χ1n) is 4.05. The van der Waals surface area contributed by atoms with Crippen LogP contribution in [-0.4, -0.2) is 41.4 Å². The van der Waals surface area contributed by atoms with Gasteiger partial charge in [-0.2, -0.15) is 17.0 Å². The van der Waals surface area contributed by atoms with Crippen molar-refractivity contribution in [3.63, 3.8) is 0 Å². The van der Waals surface area contributed by atoms with Gasteiger partial charge >= 0.3 is 0 Å². The molecular formula is C8H13ClN2S. The van der Waals surface area contributed by atoms with Crippen molar-refractivity contribution in [2.45, 2.75) is 17.8 Å². The van der Waals surface area contributed by atoms with Crippen molar-refractivity contribution < 1.29 is 0 Å². The standard InChI is InChI=1S/C8H13ClN2S/c1-11(5-7(9)4-10)8-2-3-12-6-8/h7-8H,2-3,5-6H2,1H3. The van der Waals surface area contributed by atoms with E-state index in [2.05, 4.69) is 4.90 Å². The first-order chi connectivity index (χ1) is 5.74. The van der Waals surface area contributed by atoms with Gasteiger partial charge in [-0.15, -0.1) is 11.6 Å². The van der Waals surface area contributed by atoms with Crippen molar-refractivity contribution in [1.82, 2.24) is 4.90 Å². The summed E-state index contributed by atoms with van der Waals surface area (Å²) in [5.41, 5.74) is 0. The third-order valence-electron chi connectivity index (χ3n) is 2.12. The normalized spacial score (nSPS) is 25.7. The monoisotopic (exact) mass is 204 g/mol. The molecule has 0 N–H and O–H groups in total. The van der Waals surface area contributed by atoms with Crippen LogP contribution in [0.5, 0.6) is 0 Å². The van der Waals surface area contributed by atoms with Crippen molar-refractivity contribution in [2.75, 3.05) is 25.1 Å². The molecular weight excluding hydrogens is 192 g/mol. The molecule has 0 radical (unpaired) electrons. The Morgan fingerprint density at radius 1 is 1.83 bits per heavy atom. The highest BCUT2D eigenvalue weighted by Gasteiger charge is 2.21. The first kappa shape index (κ1) is 10.2. The van der Waals surface area contributed by atoms with E-state index in [-0.39, 0.29) is 5.38 Å². The smallest absolute Gasteiger partial charge is 0.133 e. The molecule has 0 aromatic heterocycles. The largest absolute Gasteiger partial charge is 0.300 e. The Hall–Kier alpha value is 0.0900. The fourth-order valence-electron chi connectivity index (χ4n) is 1.31. The second kappa shape index (κ2) is 4.96. The van der Waals surface area contributed by atoms with Crippen molar-refractivity contribution in [2.24, 2.45) is 0 Å². The average Bonchev–Trinajstić information content (AvgIpc) is 2.56. The number of rotatable bonds is 3. The second-order valence-corrected chi connectivity index (χ2v) is 4.73. The first-order valence-corrected chi connectivity index (χ1v) is 5.65. The highest BCUT2D eigenvalue weighted by atomic mass is 35.5. The third-order valence-corrected chi connectivity index (χ3v) is 3.50. The minimum atomic E-state index is -0.361. The summed E-state index contributed by atoms with van der Waals surface area (Å²) in [7, 11) is 2.04. The lowest BCUT2D eigenvalue weighted by molar-refractivity contribution is 0.270. The molecule has 0 spiro atoms. The molecule has 1 fully saturated rings. The molecule has 0 aliphatic carbocycles. The van der Waals surface area contributed by atoms with Gasteiger partial charge in [-0.1, -0.05) is 0 Å². The van der Waals surface area contributed by atoms with E-state index in [0.717, 1.165) is 0 Å². The Kier molecular flexibility index (Phi) is 4.20. The predicted molar refractivity (Wildman–Crippen MR) is 53.6 cm³/mol. The molecule has 1 rings (SSSR count). The number of alkyl halides is 1. The molecule has 0 aromatic rings. The van der Waals surface area contributed by atoms with Crippen LogP contribution in [0.4, 0.5) is 0 Å². The lowest BCUT2D eigenvalue weighted by atomic mass is 10.2. The molecule has 0 aromatic carbocycles. The average molecular weight is 205 g/mol. The molecule has 2 nitrogen and oxygen atoms in total. The Labute approximate surface area is 82.9 Å². The summed E-state index contributed by atoms with van der Waals surface area (Å²) >= 11 is 7.71. The summed E-state index contributed by atoms with van der Waals surface area (Å²) in [6.07, 6.45) is 1.23. The van der Waals surface area contributed by atoms with E-state index in [0.29, 0.717) is 12.6 Å². The zero-order chi connectivity index (χ0) is 8.97. The fraction of sp³-hybridized carbons (Fsp3) is 0.875. The van der Waals surface area contributed by atoms with Crippen LogP contribution in [0.25, 0.3) is 0 Å². The number of nitrogens with zero attached hydrogens (tertiary/aromatic N) is 2. The van der Waals surface area contributed by atoms with Crippen LogP contribution in [0.3, 0.4) is 0 Å². The number of nitriles is 1. The van der Waals surface area contributed by atoms with Gasteiger partial charge in [0.05, 0.1) is 6.07 Å². The topological polar surface area (TPSA) is 27.0 Å². The van der Waals surface area contributed by atoms with E-state index in [1.807, 2.05) is 24.9 Å². The van der Waals surface area contributed by atoms with Gasteiger partial charge in [0.1, 0.15) is 5.38 Å². The SMILES string of the molecule is CN(CC(Cl)C#N)C1CCSC1. The maximum atomic E-state index is 8.51. The predicted octanol–water partition coefficient (Wildman–Crippen LogP) is 1.55. The second-order valence-electron chi connectivity index (χ2n) is 3.05. The molecule has 1 aliphatic rings. The summed E-state index contributed by atoms with van der Waals surface area (Å²) in [4.78, 5) is 2.20. The van der Waals surface area contributed by atoms with Crippen LogP contribution in [0, 0.1) is 11.3 Å². The van der Waals surface area contributed by atoms with Gasteiger partial charge in [-0.25, -0.2) is 0 Å². The van der Waals surface area contributed by atoms with Gasteiger partial charge in [0.2, 0.25) is 0 Å². The van der Waals surface area contributed by atoms with Crippen molar-refractivity contribution in [1.29, 1.82) is 5.26 Å². The van der Waals surface area contributed by atoms with Crippen LogP contribution in [-0.2, 0) is 0 Å². The number of hydrogen-bond donors (Lipinski definition) is 0. The van der Waals surface area contributed by atoms with E-state index in [1.54, 1.807) is 0 Å². The molecule has 2 atom stereocenters. The fourth-order valence-corrected chi connectivity index (χ4v) is 2.83. The zero-order valence-corrected chi connectivity index (χ0v) is 8.74. The van der Waals surface area contributed by atoms with Crippen LogP contribution >= 0.6 is 23.4 Å². The van der Waals surface area contributed by atoms with Crippen LogP contribution < -0.4 is 0 Å². The number of thioether (sulfide) groups is 1. The summed E-state index contributed by atoms with van der Waals surface area (Å²) in [5.74, 6) is 2.43. The Morgan fingerprint density at radius 2 is 2.58 bits per heavy atom. The third kappa shape index (κ3) is 2.85. The van der Waals surface area contributed by atoms with Gasteiger partial charge in [-0.3, -0.25) is 0 Å².